The Morgan fingerprint density at radius 2 is 1.90 bits per heavy atom. The lowest BCUT2D eigenvalue weighted by Gasteiger charge is -2.38. The van der Waals surface area contributed by atoms with E-state index in [9.17, 15) is 5.11 Å². The van der Waals surface area contributed by atoms with Crippen molar-refractivity contribution in [3.05, 3.63) is 69.2 Å². The van der Waals surface area contributed by atoms with Crippen molar-refractivity contribution < 1.29 is 5.11 Å². The smallest absolute Gasteiger partial charge is 0.115 e. The van der Waals surface area contributed by atoms with E-state index in [1.54, 1.807) is 12.1 Å². The fourth-order valence-corrected chi connectivity index (χ4v) is 3.47. The van der Waals surface area contributed by atoms with Gasteiger partial charge in [0, 0.05) is 6.04 Å². The van der Waals surface area contributed by atoms with E-state index in [4.69, 9.17) is 23.2 Å². The van der Waals surface area contributed by atoms with E-state index in [-0.39, 0.29) is 6.04 Å². The van der Waals surface area contributed by atoms with Crippen LogP contribution in [0.4, 0.5) is 0 Å². The average molecular weight is 322 g/mol. The number of aliphatic hydroxyl groups is 1. The molecule has 0 amide bonds. The summed E-state index contributed by atoms with van der Waals surface area (Å²) in [5.41, 5.74) is 1.85. The SMILES string of the molecule is CNC1CCC(O)(c2ccc(Cl)c(Cl)c2)c2ccccc21. The van der Waals surface area contributed by atoms with Gasteiger partial charge in [0.25, 0.3) is 0 Å². The third-order valence-corrected chi connectivity index (χ3v) is 5.06. The highest BCUT2D eigenvalue weighted by Crippen LogP contribution is 2.45. The molecule has 0 aromatic heterocycles. The van der Waals surface area contributed by atoms with E-state index in [1.807, 2.05) is 31.3 Å². The molecule has 3 rings (SSSR count). The summed E-state index contributed by atoms with van der Waals surface area (Å²) in [6, 6.07) is 13.6. The van der Waals surface area contributed by atoms with Crippen LogP contribution in [0.1, 0.15) is 35.6 Å². The quantitative estimate of drug-likeness (QED) is 0.865. The molecule has 0 saturated carbocycles. The molecule has 1 aliphatic carbocycles. The van der Waals surface area contributed by atoms with Crippen LogP contribution < -0.4 is 5.32 Å². The number of nitrogens with one attached hydrogen (secondary N) is 1. The van der Waals surface area contributed by atoms with Gasteiger partial charge >= 0.3 is 0 Å². The molecule has 2 nitrogen and oxygen atoms in total. The highest BCUT2D eigenvalue weighted by atomic mass is 35.5. The van der Waals surface area contributed by atoms with Crippen molar-refractivity contribution >= 4 is 23.2 Å². The first-order chi connectivity index (χ1) is 10.1. The van der Waals surface area contributed by atoms with E-state index >= 15 is 0 Å². The lowest BCUT2D eigenvalue weighted by atomic mass is 9.73. The van der Waals surface area contributed by atoms with E-state index in [0.29, 0.717) is 16.5 Å². The number of hydrogen-bond acceptors (Lipinski definition) is 2. The maximum absolute atomic E-state index is 11.3. The van der Waals surface area contributed by atoms with Crippen LogP contribution in [-0.2, 0) is 5.60 Å². The molecule has 0 heterocycles. The first-order valence-corrected chi connectivity index (χ1v) is 7.76. The minimum Gasteiger partial charge on any atom is -0.380 e. The van der Waals surface area contributed by atoms with Crippen molar-refractivity contribution in [2.75, 3.05) is 7.05 Å². The van der Waals surface area contributed by atoms with Gasteiger partial charge in [-0.15, -0.1) is 0 Å². The van der Waals surface area contributed by atoms with Gasteiger partial charge in [-0.2, -0.15) is 0 Å². The summed E-state index contributed by atoms with van der Waals surface area (Å²) < 4.78 is 0. The third-order valence-electron chi connectivity index (χ3n) is 4.32. The number of hydrogen-bond donors (Lipinski definition) is 2. The molecule has 0 spiro atoms. The maximum Gasteiger partial charge on any atom is 0.115 e. The molecular formula is C17H17Cl2NO. The van der Waals surface area contributed by atoms with E-state index in [0.717, 1.165) is 23.1 Å². The van der Waals surface area contributed by atoms with Crippen LogP contribution in [-0.4, -0.2) is 12.2 Å². The normalized spacial score (nSPS) is 24.7. The van der Waals surface area contributed by atoms with Crippen LogP contribution in [0.3, 0.4) is 0 Å². The first-order valence-electron chi connectivity index (χ1n) is 7.01. The lowest BCUT2D eigenvalue weighted by molar-refractivity contribution is 0.0554. The molecule has 0 fully saturated rings. The minimum absolute atomic E-state index is 0.268. The molecule has 1 aliphatic rings. The van der Waals surface area contributed by atoms with Gasteiger partial charge in [0.2, 0.25) is 0 Å². The Bertz CT molecular complexity index is 674. The van der Waals surface area contributed by atoms with Gasteiger partial charge in [-0.3, -0.25) is 0 Å². The molecule has 2 unspecified atom stereocenters. The molecular weight excluding hydrogens is 305 g/mol. The van der Waals surface area contributed by atoms with Crippen molar-refractivity contribution in [3.63, 3.8) is 0 Å². The summed E-state index contributed by atoms with van der Waals surface area (Å²) >= 11 is 12.1. The molecule has 110 valence electrons. The summed E-state index contributed by atoms with van der Waals surface area (Å²) in [6.07, 6.45) is 1.51. The Labute approximate surface area is 134 Å². The monoisotopic (exact) mass is 321 g/mol. The van der Waals surface area contributed by atoms with Gasteiger partial charge in [-0.05, 0) is 48.7 Å². The zero-order chi connectivity index (χ0) is 15.0. The summed E-state index contributed by atoms with van der Waals surface area (Å²) in [4.78, 5) is 0. The topological polar surface area (TPSA) is 32.3 Å². The molecule has 0 saturated heterocycles. The van der Waals surface area contributed by atoms with Gasteiger partial charge in [0.05, 0.1) is 10.0 Å². The largest absolute Gasteiger partial charge is 0.380 e. The molecule has 2 atom stereocenters. The molecule has 0 aliphatic heterocycles. The number of rotatable bonds is 2. The van der Waals surface area contributed by atoms with Gasteiger partial charge in [0.15, 0.2) is 0 Å². The van der Waals surface area contributed by atoms with Gasteiger partial charge < -0.3 is 10.4 Å². The average Bonchev–Trinajstić information content (AvgIpc) is 2.51. The Morgan fingerprint density at radius 1 is 1.14 bits per heavy atom. The van der Waals surface area contributed by atoms with Crippen molar-refractivity contribution in [2.45, 2.75) is 24.5 Å². The van der Waals surface area contributed by atoms with Gasteiger partial charge in [-0.1, -0.05) is 53.5 Å². The molecule has 21 heavy (non-hydrogen) atoms. The van der Waals surface area contributed by atoms with Gasteiger partial charge in [0.1, 0.15) is 5.60 Å². The molecule has 2 aromatic rings. The fourth-order valence-electron chi connectivity index (χ4n) is 3.17. The second-order valence-electron chi connectivity index (χ2n) is 5.46. The van der Waals surface area contributed by atoms with Crippen molar-refractivity contribution in [1.82, 2.24) is 5.32 Å². The lowest BCUT2D eigenvalue weighted by Crippen LogP contribution is -2.36. The molecule has 4 heteroatoms. The van der Waals surface area contributed by atoms with Crippen LogP contribution in [0, 0.1) is 0 Å². The molecule has 2 aromatic carbocycles. The van der Waals surface area contributed by atoms with Crippen molar-refractivity contribution in [3.8, 4) is 0 Å². The number of fused-ring (bicyclic) bond motifs is 1. The molecule has 2 N–H and O–H groups in total. The number of halogens is 2. The zero-order valence-corrected chi connectivity index (χ0v) is 13.2. The van der Waals surface area contributed by atoms with Crippen molar-refractivity contribution in [1.29, 1.82) is 0 Å². The Morgan fingerprint density at radius 3 is 2.62 bits per heavy atom. The predicted molar refractivity (Wildman–Crippen MR) is 86.9 cm³/mol. The van der Waals surface area contributed by atoms with E-state index in [2.05, 4.69) is 11.4 Å². The second-order valence-corrected chi connectivity index (χ2v) is 6.27. The number of benzene rings is 2. The second kappa shape index (κ2) is 5.62. The molecule has 0 bridgehead atoms. The van der Waals surface area contributed by atoms with E-state index in [1.165, 1.54) is 0 Å². The van der Waals surface area contributed by atoms with E-state index < -0.39 is 5.60 Å². The van der Waals surface area contributed by atoms with Gasteiger partial charge in [-0.25, -0.2) is 0 Å². The summed E-state index contributed by atoms with van der Waals surface area (Å²) in [5.74, 6) is 0. The Kier molecular flexibility index (Phi) is 3.98. The highest BCUT2D eigenvalue weighted by Gasteiger charge is 2.39. The van der Waals surface area contributed by atoms with Crippen LogP contribution >= 0.6 is 23.2 Å². The predicted octanol–water partition coefficient (Wildman–Crippen LogP) is 4.28. The van der Waals surface area contributed by atoms with Crippen LogP contribution in [0.5, 0.6) is 0 Å². The summed E-state index contributed by atoms with van der Waals surface area (Å²) in [7, 11) is 1.95. The van der Waals surface area contributed by atoms with Crippen LogP contribution in [0.2, 0.25) is 10.0 Å². The first kappa shape index (κ1) is 14.9. The highest BCUT2D eigenvalue weighted by molar-refractivity contribution is 6.42. The maximum atomic E-state index is 11.3. The van der Waals surface area contributed by atoms with Crippen LogP contribution in [0.15, 0.2) is 42.5 Å². The Hall–Kier alpha value is -1.06. The molecule has 0 radical (unpaired) electrons. The van der Waals surface area contributed by atoms with Crippen molar-refractivity contribution in [2.24, 2.45) is 0 Å². The summed E-state index contributed by atoms with van der Waals surface area (Å²) in [5, 5.41) is 15.6. The minimum atomic E-state index is -1.02. The third kappa shape index (κ3) is 2.47. The van der Waals surface area contributed by atoms with Crippen LogP contribution in [0.25, 0.3) is 0 Å². The summed E-state index contributed by atoms with van der Waals surface area (Å²) in [6.45, 7) is 0. The standard InChI is InChI=1S/C17H17Cl2NO/c1-20-16-8-9-17(21,13-5-3-2-4-12(13)16)11-6-7-14(18)15(19)10-11/h2-7,10,16,20-21H,8-9H2,1H3. The zero-order valence-electron chi connectivity index (χ0n) is 11.7. The fraction of sp³-hybridized carbons (Fsp3) is 0.294. The Balaban J connectivity index is 2.15.